The molecule has 0 saturated heterocycles. The lowest BCUT2D eigenvalue weighted by atomic mass is 10.00. The third kappa shape index (κ3) is 6.62. The molecule has 0 heterocycles. The van der Waals surface area contributed by atoms with Crippen LogP contribution in [0.1, 0.15) is 40.9 Å². The van der Waals surface area contributed by atoms with Crippen LogP contribution in [0.15, 0.2) is 91.2 Å². The van der Waals surface area contributed by atoms with Gasteiger partial charge in [0.15, 0.2) is 5.78 Å². The largest absolute Gasteiger partial charge is 0.457 e. The topological polar surface area (TPSA) is 69.7 Å². The molecular formula is C29H26O5. The highest BCUT2D eigenvalue weighted by Gasteiger charge is 2.08. The van der Waals surface area contributed by atoms with Gasteiger partial charge in [0.05, 0.1) is 11.8 Å². The molecule has 0 N–H and O–H groups in total. The zero-order valence-corrected chi connectivity index (χ0v) is 19.3. The van der Waals surface area contributed by atoms with Crippen LogP contribution in [0.5, 0.6) is 0 Å². The first kappa shape index (κ1) is 24.4. The first-order valence-corrected chi connectivity index (χ1v) is 10.7. The van der Waals surface area contributed by atoms with E-state index in [4.69, 9.17) is 9.47 Å². The van der Waals surface area contributed by atoms with E-state index in [0.29, 0.717) is 23.1 Å². The molecule has 0 unspecified atom stereocenters. The van der Waals surface area contributed by atoms with E-state index in [1.54, 1.807) is 44.2 Å². The Balaban J connectivity index is 1.58. The number of allylic oxidation sites excluding steroid dienone is 1. The van der Waals surface area contributed by atoms with Crippen molar-refractivity contribution in [3.63, 3.8) is 0 Å². The smallest absolute Gasteiger partial charge is 0.342 e. The summed E-state index contributed by atoms with van der Waals surface area (Å²) in [5, 5.41) is 2.04. The van der Waals surface area contributed by atoms with Gasteiger partial charge in [0.25, 0.3) is 0 Å². The van der Waals surface area contributed by atoms with Crippen LogP contribution < -0.4 is 0 Å². The fourth-order valence-electron chi connectivity index (χ4n) is 3.12. The summed E-state index contributed by atoms with van der Waals surface area (Å²) in [5.74, 6) is -0.920. The van der Waals surface area contributed by atoms with Crippen molar-refractivity contribution in [1.82, 2.24) is 0 Å². The monoisotopic (exact) mass is 454 g/mol. The third-order valence-corrected chi connectivity index (χ3v) is 5.11. The lowest BCUT2D eigenvalue weighted by Gasteiger charge is -2.06. The highest BCUT2D eigenvalue weighted by atomic mass is 16.5. The average Bonchev–Trinajstić information content (AvgIpc) is 2.82. The number of carbonyl (C=O) groups is 3. The van der Waals surface area contributed by atoms with Crippen LogP contribution in [0, 0.1) is 0 Å². The summed E-state index contributed by atoms with van der Waals surface area (Å²) in [6.07, 6.45) is 3.40. The molecule has 5 heteroatoms. The van der Waals surface area contributed by atoms with Crippen molar-refractivity contribution in [2.24, 2.45) is 0 Å². The van der Waals surface area contributed by atoms with Gasteiger partial charge in [-0.1, -0.05) is 55.6 Å². The lowest BCUT2D eigenvalue weighted by molar-refractivity contribution is -0.140. The van der Waals surface area contributed by atoms with Crippen LogP contribution >= 0.6 is 0 Å². The molecule has 0 aliphatic rings. The molecule has 34 heavy (non-hydrogen) atoms. The van der Waals surface area contributed by atoms with Gasteiger partial charge in [0.1, 0.15) is 6.61 Å². The second-order valence-electron chi connectivity index (χ2n) is 8.08. The summed E-state index contributed by atoms with van der Waals surface area (Å²) in [4.78, 5) is 35.6. The molecule has 172 valence electrons. The molecule has 0 bridgehead atoms. The Labute approximate surface area is 199 Å². The van der Waals surface area contributed by atoms with Crippen molar-refractivity contribution in [2.45, 2.75) is 26.9 Å². The van der Waals surface area contributed by atoms with Crippen molar-refractivity contribution >= 4 is 34.6 Å². The highest BCUT2D eigenvalue weighted by Crippen LogP contribution is 2.20. The predicted octanol–water partition coefficient (Wildman–Crippen LogP) is 5.97. The predicted molar refractivity (Wildman–Crippen MR) is 133 cm³/mol. The first-order valence-electron chi connectivity index (χ1n) is 10.7. The Morgan fingerprint density at radius 3 is 2.15 bits per heavy atom. The minimum absolute atomic E-state index is 0.0292. The quantitative estimate of drug-likeness (QED) is 0.226. The van der Waals surface area contributed by atoms with Crippen LogP contribution in [0.4, 0.5) is 0 Å². The molecule has 5 nitrogen and oxygen atoms in total. The van der Waals surface area contributed by atoms with E-state index in [-0.39, 0.29) is 12.4 Å². The number of fused-ring (bicyclic) bond motifs is 1. The summed E-state index contributed by atoms with van der Waals surface area (Å²) >= 11 is 0. The zero-order valence-electron chi connectivity index (χ0n) is 19.3. The number of ketones is 1. The second kappa shape index (κ2) is 11.1. The van der Waals surface area contributed by atoms with Gasteiger partial charge in [0, 0.05) is 12.0 Å². The van der Waals surface area contributed by atoms with E-state index >= 15 is 0 Å². The molecule has 0 fully saturated rings. The first-order chi connectivity index (χ1) is 16.2. The molecular weight excluding hydrogens is 428 g/mol. The molecule has 0 aliphatic carbocycles. The van der Waals surface area contributed by atoms with Crippen molar-refractivity contribution in [3.05, 3.63) is 113 Å². The SMILES string of the molecule is C=C(C)C(=O)Cc1ccc2cc(/C=C/OC(=O)c3ccc(COC(=O)C(=C)C)cc3)ccc2c1. The molecule has 0 aliphatic heterocycles. The van der Waals surface area contributed by atoms with Crippen LogP contribution in [0.25, 0.3) is 16.8 Å². The average molecular weight is 455 g/mol. The standard InChI is InChI=1S/C29H26O5/c1-19(2)27(30)17-23-8-12-25-15-21(5-11-26(25)16-23)13-14-33-29(32)24-9-6-22(7-10-24)18-34-28(31)20(3)4/h5-16H,1,3,17-18H2,2,4H3/b14-13+. The van der Waals surface area contributed by atoms with Gasteiger partial charge < -0.3 is 9.47 Å². The minimum Gasteiger partial charge on any atom is -0.457 e. The Morgan fingerprint density at radius 2 is 1.47 bits per heavy atom. The molecule has 3 rings (SSSR count). The fraction of sp³-hybridized carbons (Fsp3) is 0.138. The van der Waals surface area contributed by atoms with Gasteiger partial charge in [-0.3, -0.25) is 4.79 Å². The summed E-state index contributed by atoms with van der Waals surface area (Å²) in [6, 6.07) is 18.4. The maximum atomic E-state index is 12.3. The van der Waals surface area contributed by atoms with Gasteiger partial charge in [-0.2, -0.15) is 0 Å². The van der Waals surface area contributed by atoms with E-state index in [0.717, 1.165) is 27.5 Å². The number of hydrogen-bond acceptors (Lipinski definition) is 5. The van der Waals surface area contributed by atoms with Crippen LogP contribution in [-0.4, -0.2) is 17.7 Å². The zero-order chi connectivity index (χ0) is 24.7. The summed E-state index contributed by atoms with van der Waals surface area (Å²) < 4.78 is 10.3. The lowest BCUT2D eigenvalue weighted by Crippen LogP contribution is -2.05. The summed E-state index contributed by atoms with van der Waals surface area (Å²) in [5.41, 5.74) is 3.84. The number of rotatable bonds is 9. The molecule has 0 aromatic heterocycles. The number of carbonyl (C=O) groups excluding carboxylic acids is 3. The Bertz CT molecular complexity index is 1300. The van der Waals surface area contributed by atoms with E-state index in [1.165, 1.54) is 6.26 Å². The number of benzene rings is 3. The molecule has 3 aromatic carbocycles. The van der Waals surface area contributed by atoms with Gasteiger partial charge in [-0.25, -0.2) is 9.59 Å². The van der Waals surface area contributed by atoms with Crippen molar-refractivity contribution < 1.29 is 23.9 Å². The van der Waals surface area contributed by atoms with Gasteiger partial charge >= 0.3 is 11.9 Å². The van der Waals surface area contributed by atoms with Crippen molar-refractivity contribution in [3.8, 4) is 0 Å². The third-order valence-electron chi connectivity index (χ3n) is 5.11. The van der Waals surface area contributed by atoms with Gasteiger partial charge in [0.2, 0.25) is 0 Å². The Hall–Kier alpha value is -4.25. The summed E-state index contributed by atoms with van der Waals surface area (Å²) in [7, 11) is 0. The van der Waals surface area contributed by atoms with E-state index in [1.807, 2.05) is 36.4 Å². The second-order valence-corrected chi connectivity index (χ2v) is 8.08. The number of hydrogen-bond donors (Lipinski definition) is 0. The number of Topliss-reactive ketones (excluding diaryl/α,β-unsaturated/α-hetero) is 1. The number of esters is 2. The molecule has 3 aromatic rings. The fourth-order valence-corrected chi connectivity index (χ4v) is 3.12. The summed E-state index contributed by atoms with van der Waals surface area (Å²) in [6.45, 7) is 10.6. The Kier molecular flexibility index (Phi) is 7.93. The Morgan fingerprint density at radius 1 is 0.824 bits per heavy atom. The maximum Gasteiger partial charge on any atom is 0.342 e. The maximum absolute atomic E-state index is 12.3. The van der Waals surface area contributed by atoms with E-state index in [2.05, 4.69) is 13.2 Å². The molecule has 0 radical (unpaired) electrons. The van der Waals surface area contributed by atoms with Gasteiger partial charge in [-0.15, -0.1) is 0 Å². The van der Waals surface area contributed by atoms with Gasteiger partial charge in [-0.05, 0) is 71.2 Å². The molecule has 0 amide bonds. The van der Waals surface area contributed by atoms with Crippen LogP contribution in [0.2, 0.25) is 0 Å². The van der Waals surface area contributed by atoms with E-state index < -0.39 is 11.9 Å². The molecule has 0 spiro atoms. The molecule has 0 atom stereocenters. The number of ether oxygens (including phenoxy) is 2. The van der Waals surface area contributed by atoms with Crippen molar-refractivity contribution in [2.75, 3.05) is 0 Å². The van der Waals surface area contributed by atoms with E-state index in [9.17, 15) is 14.4 Å². The minimum atomic E-state index is -0.491. The molecule has 0 saturated carbocycles. The highest BCUT2D eigenvalue weighted by molar-refractivity contribution is 5.96. The van der Waals surface area contributed by atoms with Crippen LogP contribution in [-0.2, 0) is 32.1 Å². The normalized spacial score (nSPS) is 10.8. The van der Waals surface area contributed by atoms with Crippen molar-refractivity contribution in [1.29, 1.82) is 0 Å². The van der Waals surface area contributed by atoms with Crippen LogP contribution in [0.3, 0.4) is 0 Å².